The number of hydrogen-bond acceptors (Lipinski definition) is 9. The molecule has 562 valence electrons. The van der Waals surface area contributed by atoms with Crippen molar-refractivity contribution in [2.24, 2.45) is 5.92 Å². The van der Waals surface area contributed by atoms with E-state index in [0.717, 1.165) is 82.3 Å². The van der Waals surface area contributed by atoms with Crippen molar-refractivity contribution in [1.82, 2.24) is 0 Å². The summed E-state index contributed by atoms with van der Waals surface area (Å²) < 4.78 is 26.1. The number of rotatable bonds is 63. The lowest BCUT2D eigenvalue weighted by Crippen LogP contribution is -2.16. The zero-order chi connectivity index (χ0) is 73.2. The summed E-state index contributed by atoms with van der Waals surface area (Å²) in [6.45, 7) is 60.8. The first-order valence-electron chi connectivity index (χ1n) is 38.1. The minimum Gasteiger partial charge on any atom is -0.487 e. The Balaban J connectivity index is -0.000000200. The highest BCUT2D eigenvalue weighted by Gasteiger charge is 2.13. The predicted octanol–water partition coefficient (Wildman–Crippen LogP) is 26.2. The number of ether oxygens (including phenoxy) is 5. The maximum Gasteiger partial charge on any atom is 0.306 e. The Bertz CT molecular complexity index is 1840. The third kappa shape index (κ3) is 88.2. The number of carbonyl (C=O) groups excluding carboxylic acids is 4. The largest absolute Gasteiger partial charge is 0.487 e. The molecule has 0 radical (unpaired) electrons. The van der Waals surface area contributed by atoms with Gasteiger partial charge in [-0.3, -0.25) is 19.2 Å². The van der Waals surface area contributed by atoms with Crippen molar-refractivity contribution in [3.05, 3.63) is 164 Å². The van der Waals surface area contributed by atoms with Crippen LogP contribution in [0.5, 0.6) is 0 Å². The first kappa shape index (κ1) is 105. The van der Waals surface area contributed by atoms with E-state index in [1.807, 2.05) is 0 Å². The predicted molar refractivity (Wildman–Crippen MR) is 425 cm³/mol. The van der Waals surface area contributed by atoms with Crippen LogP contribution in [0.3, 0.4) is 0 Å². The van der Waals surface area contributed by atoms with Crippen molar-refractivity contribution in [3.63, 3.8) is 0 Å². The lowest BCUT2D eigenvalue weighted by atomic mass is 9.94. The summed E-state index contributed by atoms with van der Waals surface area (Å²) in [5.41, 5.74) is 0. The smallest absolute Gasteiger partial charge is 0.306 e. The Morgan fingerprint density at radius 3 is 0.722 bits per heavy atom. The number of hydrogen-bond donors (Lipinski definition) is 0. The van der Waals surface area contributed by atoms with E-state index in [1.54, 1.807) is 60.8 Å². The Morgan fingerprint density at radius 1 is 0.268 bits per heavy atom. The SMILES string of the molecule is C=CC(C=C)OC(=C)CCCCCCCCCC.C=CC(C=C)OC(=O)CCCCCC.C=CC(C=C)OC(=O)CCCCCCC.C=CC(C=C)OC(=O)CCCCCCCC.C=CCC(CC=C)CCCCCCCCCC.C=CCC(CC=C)OC(=O)CCCCCC.O. The summed E-state index contributed by atoms with van der Waals surface area (Å²) in [6.07, 6.45) is 71.0. The van der Waals surface area contributed by atoms with Gasteiger partial charge in [0.1, 0.15) is 30.5 Å². The Kier molecular flexibility index (Phi) is 97.4. The van der Waals surface area contributed by atoms with Gasteiger partial charge < -0.3 is 29.2 Å². The van der Waals surface area contributed by atoms with E-state index in [4.69, 9.17) is 23.7 Å². The molecule has 0 heterocycles. The summed E-state index contributed by atoms with van der Waals surface area (Å²) in [6, 6.07) is 0. The van der Waals surface area contributed by atoms with E-state index in [1.165, 1.54) is 180 Å². The molecule has 0 aromatic heterocycles. The van der Waals surface area contributed by atoms with Crippen molar-refractivity contribution >= 4 is 23.9 Å². The first-order valence-corrected chi connectivity index (χ1v) is 38.1. The van der Waals surface area contributed by atoms with Crippen molar-refractivity contribution in [3.8, 4) is 0 Å². The third-order valence-corrected chi connectivity index (χ3v) is 15.6. The van der Waals surface area contributed by atoms with Gasteiger partial charge in [-0.1, -0.05) is 318 Å². The summed E-state index contributed by atoms with van der Waals surface area (Å²) in [5, 5.41) is 0. The average molecular weight is 1360 g/mol. The van der Waals surface area contributed by atoms with Crippen LogP contribution in [0.1, 0.15) is 330 Å². The molecule has 0 spiro atoms. The maximum absolute atomic E-state index is 11.5. The highest BCUT2D eigenvalue weighted by atomic mass is 16.6. The Morgan fingerprint density at radius 2 is 0.474 bits per heavy atom. The van der Waals surface area contributed by atoms with Crippen molar-refractivity contribution in [1.29, 1.82) is 0 Å². The topological polar surface area (TPSA) is 146 Å². The molecule has 0 aliphatic heterocycles. The van der Waals surface area contributed by atoms with Gasteiger partial charge in [-0.25, -0.2) is 0 Å². The van der Waals surface area contributed by atoms with E-state index in [0.29, 0.717) is 38.5 Å². The van der Waals surface area contributed by atoms with Crippen molar-refractivity contribution < 1.29 is 48.3 Å². The number of carbonyl (C=O) groups is 4. The van der Waals surface area contributed by atoms with Crippen LogP contribution in [0, 0.1) is 5.92 Å². The van der Waals surface area contributed by atoms with Gasteiger partial charge in [0.05, 0.1) is 5.76 Å². The normalized spacial score (nSPS) is 10.1. The fourth-order valence-corrected chi connectivity index (χ4v) is 9.60. The molecular weight excluding hydrogens is 1200 g/mol. The quantitative estimate of drug-likeness (QED) is 0.0191. The summed E-state index contributed by atoms with van der Waals surface area (Å²) >= 11 is 0. The molecule has 0 bridgehead atoms. The van der Waals surface area contributed by atoms with Crippen LogP contribution in [-0.4, -0.2) is 59.9 Å². The minimum atomic E-state index is -0.340. The maximum atomic E-state index is 11.5. The van der Waals surface area contributed by atoms with Crippen LogP contribution in [0.2, 0.25) is 0 Å². The van der Waals surface area contributed by atoms with Gasteiger partial charge in [0.25, 0.3) is 0 Å². The molecule has 0 aromatic rings. The highest BCUT2D eigenvalue weighted by molar-refractivity contribution is 5.71. The molecule has 0 aliphatic rings. The summed E-state index contributed by atoms with van der Waals surface area (Å²) in [5.74, 6) is 1.09. The molecule has 0 rings (SSSR count). The van der Waals surface area contributed by atoms with E-state index < -0.39 is 0 Å². The average Bonchev–Trinajstić information content (AvgIpc) is 3.80. The number of allylic oxidation sites excluding steroid dienone is 3. The van der Waals surface area contributed by atoms with E-state index in [2.05, 4.69) is 139 Å². The van der Waals surface area contributed by atoms with Crippen LogP contribution in [0.15, 0.2) is 164 Å². The van der Waals surface area contributed by atoms with Gasteiger partial charge in [0.15, 0.2) is 0 Å². The third-order valence-electron chi connectivity index (χ3n) is 15.6. The lowest BCUT2D eigenvalue weighted by Gasteiger charge is -2.14. The molecule has 0 fully saturated rings. The number of unbranched alkanes of at least 4 members (excludes halogenated alkanes) is 29. The Labute approximate surface area is 600 Å². The Hall–Kier alpha value is -5.74. The fraction of sp³-hybridized carbons (Fsp3) is 0.655. The van der Waals surface area contributed by atoms with E-state index in [-0.39, 0.29) is 59.9 Å². The second-order valence-corrected chi connectivity index (χ2v) is 24.7. The molecule has 2 N–H and O–H groups in total. The standard InChI is InChI=1S/C17H30O.C17H32.2C14H24O2.C13H22O2.C12H20O2.H2O/c1-5-8-9-10-11-12-13-14-15-16(4)18-17(6-2)7-3;1-4-7-8-9-10-11-12-13-16-17(14-5-2)15-6-3;1-4-7-8-9-10-11-12-14(15)16-13(5-2)6-3;1-4-7-8-9-12-14(15)16-13(10-5-2)11-6-3;1-4-7-8-9-10-11-13(14)15-12(5-2)6-3;1-4-7-8-9-10-12(13)14-11(5-2)6-3;/h6-7,17H,2-5,8-15H2,1H3;5-6,17H,2-4,7-16H2,1H3;2*5-6,13H,2-4,7-12H2,1H3;5-6,12H,2-4,7-11H2,1H3;5-6,11H,2-4,7-10H2,1H3;1H2. The molecule has 97 heavy (non-hydrogen) atoms. The van der Waals surface area contributed by atoms with Crippen LogP contribution in [0.4, 0.5) is 0 Å². The molecule has 10 nitrogen and oxygen atoms in total. The van der Waals surface area contributed by atoms with Gasteiger partial charge in [-0.2, -0.15) is 0 Å². The van der Waals surface area contributed by atoms with E-state index in [9.17, 15) is 19.2 Å². The second-order valence-electron chi connectivity index (χ2n) is 24.7. The molecular formula is C87H154O10. The summed E-state index contributed by atoms with van der Waals surface area (Å²) in [4.78, 5) is 45.3. The van der Waals surface area contributed by atoms with Gasteiger partial charge in [-0.05, 0) is 106 Å². The molecule has 0 saturated carbocycles. The monoisotopic (exact) mass is 1360 g/mol. The fourth-order valence-electron chi connectivity index (χ4n) is 9.60. The zero-order valence-electron chi connectivity index (χ0n) is 64.1. The first-order chi connectivity index (χ1) is 46.5. The molecule has 10 heteroatoms. The van der Waals surface area contributed by atoms with Crippen molar-refractivity contribution in [2.45, 2.75) is 361 Å². The minimum absolute atomic E-state index is 0. The van der Waals surface area contributed by atoms with Crippen molar-refractivity contribution in [2.75, 3.05) is 0 Å². The highest BCUT2D eigenvalue weighted by Crippen LogP contribution is 2.20. The molecule has 0 saturated heterocycles. The van der Waals surface area contributed by atoms with Gasteiger partial charge >= 0.3 is 23.9 Å². The molecule has 0 unspecified atom stereocenters. The van der Waals surface area contributed by atoms with Crippen LogP contribution < -0.4 is 0 Å². The van der Waals surface area contributed by atoms with Gasteiger partial charge in [0, 0.05) is 44.9 Å². The van der Waals surface area contributed by atoms with Crippen LogP contribution in [-0.2, 0) is 42.9 Å². The van der Waals surface area contributed by atoms with Gasteiger partial charge in [-0.15, -0.1) is 26.3 Å². The molecule has 0 atom stereocenters. The second kappa shape index (κ2) is 90.3. The number of esters is 4. The van der Waals surface area contributed by atoms with E-state index >= 15 is 0 Å². The van der Waals surface area contributed by atoms with Gasteiger partial charge in [0.2, 0.25) is 0 Å². The van der Waals surface area contributed by atoms with Crippen LogP contribution >= 0.6 is 0 Å². The van der Waals surface area contributed by atoms with Crippen LogP contribution in [0.25, 0.3) is 0 Å². The lowest BCUT2D eigenvalue weighted by molar-refractivity contribution is -0.149. The summed E-state index contributed by atoms with van der Waals surface area (Å²) in [7, 11) is 0. The molecule has 0 aromatic carbocycles. The molecule has 0 amide bonds. The zero-order valence-corrected chi connectivity index (χ0v) is 64.1. The molecule has 0 aliphatic carbocycles.